The van der Waals surface area contributed by atoms with Gasteiger partial charge in [0.15, 0.2) is 0 Å². The van der Waals surface area contributed by atoms with Gasteiger partial charge in [0.2, 0.25) is 0 Å². The molecular weight excluding hydrogens is 390 g/mol. The molecule has 2 aromatic heterocycles. The molecule has 0 bridgehead atoms. The van der Waals surface area contributed by atoms with E-state index in [1.54, 1.807) is 24.5 Å². The highest BCUT2D eigenvalue weighted by atomic mass is 16.2. The topological polar surface area (TPSA) is 91.0 Å². The van der Waals surface area contributed by atoms with Gasteiger partial charge in [-0.2, -0.15) is 5.10 Å². The molecular formula is C24H27N5O2. The Bertz CT molecular complexity index is 1040. The van der Waals surface area contributed by atoms with Crippen LogP contribution in [0.3, 0.4) is 0 Å². The van der Waals surface area contributed by atoms with Gasteiger partial charge in [-0.25, -0.2) is 5.10 Å². The lowest BCUT2D eigenvalue weighted by atomic mass is 9.93. The first-order valence-corrected chi connectivity index (χ1v) is 10.7. The molecule has 0 spiro atoms. The maximum atomic E-state index is 12.6. The fourth-order valence-corrected chi connectivity index (χ4v) is 4.00. The smallest absolute Gasteiger partial charge is 0.277 e. The molecule has 0 saturated carbocycles. The number of pyridine rings is 1. The number of benzene rings is 1. The number of nitrogens with one attached hydrogen (secondary N) is 2. The van der Waals surface area contributed by atoms with Crippen molar-refractivity contribution in [3.8, 4) is 11.3 Å². The molecule has 3 aromatic rings. The highest BCUT2D eigenvalue weighted by Crippen LogP contribution is 2.21. The number of hydrogen-bond acceptors (Lipinski definition) is 5. The van der Waals surface area contributed by atoms with E-state index in [1.807, 2.05) is 6.07 Å². The van der Waals surface area contributed by atoms with E-state index in [2.05, 4.69) is 49.7 Å². The summed E-state index contributed by atoms with van der Waals surface area (Å²) in [6.45, 7) is 3.71. The highest BCUT2D eigenvalue weighted by molar-refractivity contribution is 5.94. The van der Waals surface area contributed by atoms with Crippen molar-refractivity contribution in [2.45, 2.75) is 25.8 Å². The van der Waals surface area contributed by atoms with Crippen LogP contribution in [-0.2, 0) is 6.54 Å². The first kappa shape index (κ1) is 20.9. The Morgan fingerprint density at radius 3 is 2.58 bits per heavy atom. The maximum Gasteiger partial charge on any atom is 0.277 e. The van der Waals surface area contributed by atoms with Gasteiger partial charge in [-0.1, -0.05) is 30.3 Å². The minimum Gasteiger partial charge on any atom is -0.352 e. The number of carbonyl (C=O) groups excluding carboxylic acids is 1. The SMILES string of the molecule is O=C(NCCC1CCN(Cc2ccccc2)CC1)c1cc(-c2ccncc2)n[nH]c1=O. The molecule has 1 aliphatic heterocycles. The van der Waals surface area contributed by atoms with Gasteiger partial charge in [0.1, 0.15) is 5.56 Å². The number of H-pyrrole nitrogens is 1. The average molecular weight is 418 g/mol. The van der Waals surface area contributed by atoms with Crippen molar-refractivity contribution in [2.24, 2.45) is 5.92 Å². The number of likely N-dealkylation sites (tertiary alicyclic amines) is 1. The quantitative estimate of drug-likeness (QED) is 0.617. The monoisotopic (exact) mass is 417 g/mol. The van der Waals surface area contributed by atoms with Crippen LogP contribution in [0.15, 0.2) is 65.7 Å². The molecule has 0 aliphatic carbocycles. The van der Waals surface area contributed by atoms with Crippen LogP contribution in [-0.4, -0.2) is 45.6 Å². The number of amides is 1. The fourth-order valence-electron chi connectivity index (χ4n) is 4.00. The summed E-state index contributed by atoms with van der Waals surface area (Å²) in [6.07, 6.45) is 6.47. The Morgan fingerprint density at radius 2 is 1.84 bits per heavy atom. The molecule has 3 heterocycles. The molecule has 1 saturated heterocycles. The Balaban J connectivity index is 1.25. The second kappa shape index (κ2) is 10.1. The normalized spacial score (nSPS) is 15.0. The zero-order chi connectivity index (χ0) is 21.5. The predicted octanol–water partition coefficient (Wildman–Crippen LogP) is 2.86. The van der Waals surface area contributed by atoms with Crippen LogP contribution in [0.2, 0.25) is 0 Å². The molecule has 0 atom stereocenters. The summed E-state index contributed by atoms with van der Waals surface area (Å²) in [5, 5.41) is 9.36. The van der Waals surface area contributed by atoms with Crippen molar-refractivity contribution in [3.63, 3.8) is 0 Å². The Labute approximate surface area is 181 Å². The highest BCUT2D eigenvalue weighted by Gasteiger charge is 2.20. The first-order chi connectivity index (χ1) is 15.2. The molecule has 1 amide bonds. The number of aromatic amines is 1. The van der Waals surface area contributed by atoms with Crippen molar-refractivity contribution >= 4 is 5.91 Å². The molecule has 0 unspecified atom stereocenters. The predicted molar refractivity (Wildman–Crippen MR) is 119 cm³/mol. The van der Waals surface area contributed by atoms with Gasteiger partial charge >= 0.3 is 0 Å². The minimum atomic E-state index is -0.482. The Hall–Kier alpha value is -3.32. The lowest BCUT2D eigenvalue weighted by Gasteiger charge is -2.32. The molecule has 1 aromatic carbocycles. The standard InChI is InChI=1S/C24H27N5O2/c30-23(21-16-22(27-28-24(21)31)20-7-11-25-12-8-20)26-13-6-18-9-14-29(15-10-18)17-19-4-2-1-3-5-19/h1-5,7-8,11-12,16,18H,6,9-10,13-15,17H2,(H,26,30)(H,28,31). The van der Waals surface area contributed by atoms with Crippen LogP contribution in [0, 0.1) is 5.92 Å². The van der Waals surface area contributed by atoms with Gasteiger partial charge in [-0.3, -0.25) is 19.5 Å². The summed E-state index contributed by atoms with van der Waals surface area (Å²) in [7, 11) is 0. The van der Waals surface area contributed by atoms with Crippen molar-refractivity contribution in [1.29, 1.82) is 0 Å². The van der Waals surface area contributed by atoms with E-state index in [0.717, 1.165) is 44.5 Å². The van der Waals surface area contributed by atoms with Crippen LogP contribution in [0.25, 0.3) is 11.3 Å². The number of rotatable bonds is 7. The van der Waals surface area contributed by atoms with Crippen LogP contribution in [0.4, 0.5) is 0 Å². The van der Waals surface area contributed by atoms with Crippen LogP contribution in [0.1, 0.15) is 35.2 Å². The zero-order valence-corrected chi connectivity index (χ0v) is 17.5. The molecule has 7 nitrogen and oxygen atoms in total. The van der Waals surface area contributed by atoms with E-state index >= 15 is 0 Å². The molecule has 160 valence electrons. The van der Waals surface area contributed by atoms with E-state index in [-0.39, 0.29) is 11.5 Å². The van der Waals surface area contributed by atoms with Gasteiger partial charge in [-0.15, -0.1) is 0 Å². The summed E-state index contributed by atoms with van der Waals surface area (Å²) in [5.41, 5.74) is 2.28. The van der Waals surface area contributed by atoms with Gasteiger partial charge in [-0.05, 0) is 62.0 Å². The number of carbonyl (C=O) groups is 1. The lowest BCUT2D eigenvalue weighted by molar-refractivity contribution is 0.0946. The maximum absolute atomic E-state index is 12.6. The van der Waals surface area contributed by atoms with Crippen molar-refractivity contribution in [3.05, 3.63) is 82.4 Å². The van der Waals surface area contributed by atoms with E-state index in [9.17, 15) is 9.59 Å². The average Bonchev–Trinajstić information content (AvgIpc) is 2.82. The first-order valence-electron chi connectivity index (χ1n) is 10.7. The van der Waals surface area contributed by atoms with Gasteiger partial charge in [0.25, 0.3) is 11.5 Å². The van der Waals surface area contributed by atoms with Crippen molar-refractivity contribution < 1.29 is 4.79 Å². The Morgan fingerprint density at radius 1 is 1.10 bits per heavy atom. The number of aromatic nitrogens is 3. The third kappa shape index (κ3) is 5.64. The third-order valence-electron chi connectivity index (χ3n) is 5.82. The number of piperidine rings is 1. The van der Waals surface area contributed by atoms with Gasteiger partial charge in [0, 0.05) is 31.0 Å². The largest absolute Gasteiger partial charge is 0.352 e. The summed E-state index contributed by atoms with van der Waals surface area (Å²) in [6, 6.07) is 15.6. The lowest BCUT2D eigenvalue weighted by Crippen LogP contribution is -2.35. The summed E-state index contributed by atoms with van der Waals surface area (Å²) in [5.74, 6) is 0.232. The second-order valence-electron chi connectivity index (χ2n) is 7.98. The Kier molecular flexibility index (Phi) is 6.84. The molecule has 1 fully saturated rings. The fraction of sp³-hybridized carbons (Fsp3) is 0.333. The van der Waals surface area contributed by atoms with Crippen LogP contribution in [0.5, 0.6) is 0 Å². The number of hydrogen-bond donors (Lipinski definition) is 2. The van der Waals surface area contributed by atoms with Gasteiger partial charge in [0.05, 0.1) is 5.69 Å². The molecule has 7 heteroatoms. The summed E-state index contributed by atoms with van der Waals surface area (Å²) < 4.78 is 0. The summed E-state index contributed by atoms with van der Waals surface area (Å²) >= 11 is 0. The van der Waals surface area contributed by atoms with Crippen molar-refractivity contribution in [2.75, 3.05) is 19.6 Å². The minimum absolute atomic E-state index is 0.0829. The van der Waals surface area contributed by atoms with E-state index in [4.69, 9.17) is 0 Å². The molecule has 4 rings (SSSR count). The second-order valence-corrected chi connectivity index (χ2v) is 7.98. The van der Waals surface area contributed by atoms with E-state index < -0.39 is 5.56 Å². The van der Waals surface area contributed by atoms with Gasteiger partial charge < -0.3 is 5.32 Å². The third-order valence-corrected chi connectivity index (χ3v) is 5.82. The molecule has 2 N–H and O–H groups in total. The number of nitrogens with zero attached hydrogens (tertiary/aromatic N) is 3. The molecule has 1 aliphatic rings. The van der Waals surface area contributed by atoms with Crippen LogP contribution < -0.4 is 10.9 Å². The summed E-state index contributed by atoms with van der Waals surface area (Å²) in [4.78, 5) is 31.1. The van der Waals surface area contributed by atoms with Crippen LogP contribution >= 0.6 is 0 Å². The molecule has 31 heavy (non-hydrogen) atoms. The van der Waals surface area contributed by atoms with E-state index in [1.165, 1.54) is 11.6 Å². The zero-order valence-electron chi connectivity index (χ0n) is 17.5. The van der Waals surface area contributed by atoms with Crippen molar-refractivity contribution in [1.82, 2.24) is 25.4 Å². The molecule has 0 radical (unpaired) electrons. The van der Waals surface area contributed by atoms with E-state index in [0.29, 0.717) is 18.2 Å².